The van der Waals surface area contributed by atoms with Crippen molar-refractivity contribution in [2.45, 2.75) is 20.8 Å². The number of imidazole rings is 1. The van der Waals surface area contributed by atoms with Crippen molar-refractivity contribution in [2.24, 2.45) is 5.41 Å². The summed E-state index contributed by atoms with van der Waals surface area (Å²) in [4.78, 5) is 15.1. The zero-order valence-electron chi connectivity index (χ0n) is 13.9. The smallest absolute Gasteiger partial charge is 0.331 e. The first-order valence-electron chi connectivity index (χ1n) is 7.71. The lowest BCUT2D eigenvalue weighted by molar-refractivity contribution is 0.448. The lowest BCUT2D eigenvalue weighted by Crippen LogP contribution is -2.14. The van der Waals surface area contributed by atoms with Crippen LogP contribution in [0.3, 0.4) is 0 Å². The topological polar surface area (TPSA) is 78.2 Å². The van der Waals surface area contributed by atoms with Crippen molar-refractivity contribution in [1.82, 2.24) is 9.55 Å². The number of allylic oxidation sites excluding steroid dienone is 1. The van der Waals surface area contributed by atoms with Gasteiger partial charge in [-0.15, -0.1) is 0 Å². The van der Waals surface area contributed by atoms with Gasteiger partial charge in [0.1, 0.15) is 11.5 Å². The molecule has 24 heavy (non-hydrogen) atoms. The van der Waals surface area contributed by atoms with E-state index in [1.807, 2.05) is 39.0 Å². The minimum absolute atomic E-state index is 0.0374. The SMILES string of the molecule is CC(C)(C)C=Cc1cc(-n2c(=O)[nH]c3ccccc32)c(O)cc1O. The zero-order valence-corrected chi connectivity index (χ0v) is 13.9. The van der Waals surface area contributed by atoms with Crippen molar-refractivity contribution in [3.63, 3.8) is 0 Å². The number of nitrogens with zero attached hydrogens (tertiary/aromatic N) is 1. The summed E-state index contributed by atoms with van der Waals surface area (Å²) in [5.74, 6) is -0.197. The molecule has 1 heterocycles. The molecule has 1 aromatic heterocycles. The summed E-state index contributed by atoms with van der Waals surface area (Å²) in [6, 6.07) is 10.1. The van der Waals surface area contributed by atoms with Gasteiger partial charge in [0.2, 0.25) is 0 Å². The Kier molecular flexibility index (Phi) is 3.72. The second-order valence-corrected chi connectivity index (χ2v) is 6.88. The van der Waals surface area contributed by atoms with Gasteiger partial charge in [0.25, 0.3) is 0 Å². The van der Waals surface area contributed by atoms with Crippen LogP contribution >= 0.6 is 0 Å². The van der Waals surface area contributed by atoms with Gasteiger partial charge in [-0.25, -0.2) is 4.79 Å². The Balaban J connectivity index is 2.23. The Hall–Kier alpha value is -2.95. The van der Waals surface area contributed by atoms with Crippen LogP contribution < -0.4 is 5.69 Å². The molecule has 0 saturated carbocycles. The van der Waals surface area contributed by atoms with Crippen LogP contribution in [0, 0.1) is 5.41 Å². The lowest BCUT2D eigenvalue weighted by Gasteiger charge is -2.13. The number of benzene rings is 2. The van der Waals surface area contributed by atoms with Crippen molar-refractivity contribution < 1.29 is 10.2 Å². The molecule has 124 valence electrons. The van der Waals surface area contributed by atoms with Crippen LogP contribution in [0.5, 0.6) is 11.5 Å². The molecule has 0 aliphatic carbocycles. The molecule has 0 fully saturated rings. The Morgan fingerprint density at radius 1 is 1.08 bits per heavy atom. The van der Waals surface area contributed by atoms with Gasteiger partial charge < -0.3 is 15.2 Å². The second kappa shape index (κ2) is 5.60. The molecule has 0 saturated heterocycles. The van der Waals surface area contributed by atoms with Crippen molar-refractivity contribution in [3.8, 4) is 17.2 Å². The minimum Gasteiger partial charge on any atom is -0.507 e. The first kappa shape index (κ1) is 15.9. The van der Waals surface area contributed by atoms with Gasteiger partial charge in [0.05, 0.1) is 16.7 Å². The molecule has 3 N–H and O–H groups in total. The molecule has 2 aromatic carbocycles. The van der Waals surface area contributed by atoms with Crippen LogP contribution in [0.25, 0.3) is 22.8 Å². The molecule has 0 bridgehead atoms. The number of H-pyrrole nitrogens is 1. The number of hydrogen-bond acceptors (Lipinski definition) is 3. The summed E-state index contributed by atoms with van der Waals surface area (Å²) in [5.41, 5.74) is 1.81. The van der Waals surface area contributed by atoms with Gasteiger partial charge in [-0.2, -0.15) is 0 Å². The minimum atomic E-state index is -0.344. The fraction of sp³-hybridized carbons (Fsp3) is 0.211. The van der Waals surface area contributed by atoms with Crippen LogP contribution in [0.2, 0.25) is 0 Å². The van der Waals surface area contributed by atoms with Gasteiger partial charge in [0, 0.05) is 11.6 Å². The third kappa shape index (κ3) is 2.93. The van der Waals surface area contributed by atoms with E-state index in [0.29, 0.717) is 22.3 Å². The number of phenols is 2. The molecule has 5 nitrogen and oxygen atoms in total. The summed E-state index contributed by atoms with van der Waals surface area (Å²) in [6.07, 6.45) is 3.75. The number of aromatic nitrogens is 2. The molecule has 0 aliphatic rings. The summed E-state index contributed by atoms with van der Waals surface area (Å²) >= 11 is 0. The van der Waals surface area contributed by atoms with Gasteiger partial charge >= 0.3 is 5.69 Å². The monoisotopic (exact) mass is 324 g/mol. The van der Waals surface area contributed by atoms with Crippen LogP contribution in [0.4, 0.5) is 0 Å². The predicted octanol–water partition coefficient (Wildman–Crippen LogP) is 3.79. The lowest BCUT2D eigenvalue weighted by atomic mass is 9.95. The molecular formula is C19H20N2O3. The third-order valence-electron chi connectivity index (χ3n) is 3.72. The van der Waals surface area contributed by atoms with E-state index < -0.39 is 0 Å². The number of rotatable bonds is 2. The number of fused-ring (bicyclic) bond motifs is 1. The Morgan fingerprint density at radius 3 is 2.50 bits per heavy atom. The maximum Gasteiger partial charge on any atom is 0.331 e. The highest BCUT2D eigenvalue weighted by atomic mass is 16.3. The summed E-state index contributed by atoms with van der Waals surface area (Å²) in [7, 11) is 0. The molecule has 0 radical (unpaired) electrons. The van der Waals surface area contributed by atoms with E-state index in [0.717, 1.165) is 0 Å². The molecule has 0 atom stereocenters. The molecule has 5 heteroatoms. The van der Waals surface area contributed by atoms with Gasteiger partial charge in [-0.05, 0) is 23.6 Å². The average molecular weight is 324 g/mol. The Bertz CT molecular complexity index is 988. The van der Waals surface area contributed by atoms with Crippen molar-refractivity contribution >= 4 is 17.1 Å². The second-order valence-electron chi connectivity index (χ2n) is 6.88. The van der Waals surface area contributed by atoms with Gasteiger partial charge in [-0.1, -0.05) is 45.1 Å². The average Bonchev–Trinajstić information content (AvgIpc) is 2.81. The quantitative estimate of drug-likeness (QED) is 0.671. The van der Waals surface area contributed by atoms with Crippen LogP contribution in [-0.4, -0.2) is 19.8 Å². The van der Waals surface area contributed by atoms with E-state index in [2.05, 4.69) is 4.98 Å². The van der Waals surface area contributed by atoms with E-state index in [9.17, 15) is 15.0 Å². The van der Waals surface area contributed by atoms with Crippen molar-refractivity contribution in [3.05, 3.63) is 58.5 Å². The molecular weight excluding hydrogens is 304 g/mol. The number of para-hydroxylation sites is 2. The molecule has 0 unspecified atom stereocenters. The number of hydrogen-bond donors (Lipinski definition) is 3. The predicted molar refractivity (Wildman–Crippen MR) is 95.7 cm³/mol. The Morgan fingerprint density at radius 2 is 1.79 bits per heavy atom. The van der Waals surface area contributed by atoms with E-state index in [1.54, 1.807) is 24.3 Å². The van der Waals surface area contributed by atoms with E-state index in [-0.39, 0.29) is 22.6 Å². The first-order valence-corrected chi connectivity index (χ1v) is 7.71. The standard InChI is InChI=1S/C19H20N2O3/c1-19(2,3)9-8-12-10-15(17(23)11-16(12)22)21-14-7-5-4-6-13(14)20-18(21)24/h4-11,22-23H,1-3H3,(H,20,24). The number of aromatic hydroxyl groups is 2. The van der Waals surface area contributed by atoms with Crippen molar-refractivity contribution in [1.29, 1.82) is 0 Å². The third-order valence-corrected chi connectivity index (χ3v) is 3.72. The summed E-state index contributed by atoms with van der Waals surface area (Å²) in [6.45, 7) is 6.14. The number of nitrogens with one attached hydrogen (secondary N) is 1. The largest absolute Gasteiger partial charge is 0.507 e. The van der Waals surface area contributed by atoms with Crippen molar-refractivity contribution in [2.75, 3.05) is 0 Å². The first-order chi connectivity index (χ1) is 11.3. The highest BCUT2D eigenvalue weighted by Crippen LogP contribution is 2.32. The fourth-order valence-electron chi connectivity index (χ4n) is 2.53. The normalized spacial score (nSPS) is 12.3. The number of phenolic OH excluding ortho intramolecular Hbond substituents is 2. The molecule has 0 amide bonds. The number of aromatic amines is 1. The van der Waals surface area contributed by atoms with E-state index >= 15 is 0 Å². The van der Waals surface area contributed by atoms with Crippen LogP contribution in [0.15, 0.2) is 47.3 Å². The van der Waals surface area contributed by atoms with E-state index in [1.165, 1.54) is 10.6 Å². The maximum atomic E-state index is 12.3. The van der Waals surface area contributed by atoms with Crippen LogP contribution in [-0.2, 0) is 0 Å². The summed E-state index contributed by atoms with van der Waals surface area (Å²) in [5, 5.41) is 20.3. The highest BCUT2D eigenvalue weighted by molar-refractivity contribution is 5.78. The summed E-state index contributed by atoms with van der Waals surface area (Å²) < 4.78 is 1.40. The highest BCUT2D eigenvalue weighted by Gasteiger charge is 2.15. The van der Waals surface area contributed by atoms with Gasteiger partial charge in [-0.3, -0.25) is 4.57 Å². The van der Waals surface area contributed by atoms with Crippen LogP contribution in [0.1, 0.15) is 26.3 Å². The molecule has 0 spiro atoms. The maximum absolute atomic E-state index is 12.3. The van der Waals surface area contributed by atoms with E-state index in [4.69, 9.17) is 0 Å². The fourth-order valence-corrected chi connectivity index (χ4v) is 2.53. The molecule has 0 aliphatic heterocycles. The molecule has 3 rings (SSSR count). The van der Waals surface area contributed by atoms with Gasteiger partial charge in [0.15, 0.2) is 0 Å². The zero-order chi connectivity index (χ0) is 17.5. The Labute approximate surface area is 139 Å². The molecule has 3 aromatic rings.